The van der Waals surface area contributed by atoms with Gasteiger partial charge in [-0.1, -0.05) is 13.8 Å². The van der Waals surface area contributed by atoms with E-state index in [1.54, 1.807) is 0 Å². The van der Waals surface area contributed by atoms with Crippen LogP contribution in [0.25, 0.3) is 0 Å². The van der Waals surface area contributed by atoms with Gasteiger partial charge in [0.15, 0.2) is 0 Å². The highest BCUT2D eigenvalue weighted by molar-refractivity contribution is 4.87. The Labute approximate surface area is 100 Å². The van der Waals surface area contributed by atoms with Crippen LogP contribution in [0.2, 0.25) is 0 Å². The lowest BCUT2D eigenvalue weighted by atomic mass is 10.00. The number of hydrogen-bond acceptors (Lipinski definition) is 3. The third-order valence-corrected chi connectivity index (χ3v) is 3.39. The van der Waals surface area contributed by atoms with Crippen molar-refractivity contribution in [1.82, 2.24) is 4.90 Å². The fourth-order valence-corrected chi connectivity index (χ4v) is 1.82. The Kier molecular flexibility index (Phi) is 5.22. The lowest BCUT2D eigenvalue weighted by molar-refractivity contribution is 0.168. The number of nitrogens with zero attached hydrogens (tertiary/aromatic N) is 1. The summed E-state index contributed by atoms with van der Waals surface area (Å²) in [6, 6.07) is 0.799. The first-order valence-electron chi connectivity index (χ1n) is 6.58. The molecule has 96 valence electrons. The Morgan fingerprint density at radius 2 is 2.00 bits per heavy atom. The van der Waals surface area contributed by atoms with Crippen molar-refractivity contribution < 1.29 is 5.11 Å². The second-order valence-corrected chi connectivity index (χ2v) is 6.01. The van der Waals surface area contributed by atoms with Crippen LogP contribution < -0.4 is 5.73 Å². The van der Waals surface area contributed by atoms with Gasteiger partial charge in [-0.2, -0.15) is 0 Å². The topological polar surface area (TPSA) is 49.5 Å². The van der Waals surface area contributed by atoms with E-state index in [1.165, 1.54) is 25.8 Å². The van der Waals surface area contributed by atoms with E-state index in [2.05, 4.69) is 18.7 Å². The van der Waals surface area contributed by atoms with Crippen molar-refractivity contribution in [3.8, 4) is 0 Å². The standard InChI is InChI=1S/C13H28N2O/c1-11(2)6-8-15(12-4-5-12)9-7-13(3,14)10-16/h11-12,16H,4-10,14H2,1-3H3. The molecule has 0 saturated heterocycles. The van der Waals surface area contributed by atoms with Crippen LogP contribution in [0.5, 0.6) is 0 Å². The molecule has 0 heterocycles. The molecule has 16 heavy (non-hydrogen) atoms. The molecule has 1 aliphatic rings. The molecule has 0 spiro atoms. The maximum Gasteiger partial charge on any atom is 0.0608 e. The van der Waals surface area contributed by atoms with E-state index in [0.717, 1.165) is 24.9 Å². The quantitative estimate of drug-likeness (QED) is 0.663. The van der Waals surface area contributed by atoms with E-state index in [-0.39, 0.29) is 6.61 Å². The molecule has 1 rings (SSSR count). The molecule has 1 atom stereocenters. The maximum absolute atomic E-state index is 9.14. The third-order valence-electron chi connectivity index (χ3n) is 3.39. The second kappa shape index (κ2) is 5.99. The summed E-state index contributed by atoms with van der Waals surface area (Å²) < 4.78 is 0. The Hall–Kier alpha value is -0.120. The van der Waals surface area contributed by atoms with E-state index in [9.17, 15) is 0 Å². The molecule has 3 heteroatoms. The molecule has 0 aromatic rings. The molecule has 3 nitrogen and oxygen atoms in total. The zero-order valence-electron chi connectivity index (χ0n) is 11.1. The van der Waals surface area contributed by atoms with E-state index in [0.29, 0.717) is 0 Å². The average Bonchev–Trinajstić information content (AvgIpc) is 3.01. The number of hydrogen-bond donors (Lipinski definition) is 2. The van der Waals surface area contributed by atoms with Crippen LogP contribution in [0, 0.1) is 5.92 Å². The summed E-state index contributed by atoms with van der Waals surface area (Å²) in [6.45, 7) is 8.77. The molecule has 0 bridgehead atoms. The van der Waals surface area contributed by atoms with Crippen molar-refractivity contribution in [3.63, 3.8) is 0 Å². The Balaban J connectivity index is 2.28. The van der Waals surface area contributed by atoms with Gasteiger partial charge in [0.2, 0.25) is 0 Å². The summed E-state index contributed by atoms with van der Waals surface area (Å²) in [5.41, 5.74) is 5.55. The molecule has 1 unspecified atom stereocenters. The molecule has 0 aromatic carbocycles. The van der Waals surface area contributed by atoms with E-state index >= 15 is 0 Å². The molecule has 0 amide bonds. The van der Waals surface area contributed by atoms with Gasteiger partial charge in [0, 0.05) is 18.1 Å². The van der Waals surface area contributed by atoms with Crippen molar-refractivity contribution in [2.24, 2.45) is 11.7 Å². The van der Waals surface area contributed by atoms with Crippen LogP contribution >= 0.6 is 0 Å². The molecule has 0 radical (unpaired) electrons. The molecular formula is C13H28N2O. The van der Waals surface area contributed by atoms with Crippen LogP contribution in [0.1, 0.15) is 46.5 Å². The largest absolute Gasteiger partial charge is 0.394 e. The lowest BCUT2D eigenvalue weighted by Gasteiger charge is -2.28. The lowest BCUT2D eigenvalue weighted by Crippen LogP contribution is -2.44. The monoisotopic (exact) mass is 228 g/mol. The summed E-state index contributed by atoms with van der Waals surface area (Å²) in [4.78, 5) is 2.56. The summed E-state index contributed by atoms with van der Waals surface area (Å²) in [5, 5.41) is 9.14. The summed E-state index contributed by atoms with van der Waals surface area (Å²) in [7, 11) is 0. The van der Waals surface area contributed by atoms with E-state index in [4.69, 9.17) is 10.8 Å². The smallest absolute Gasteiger partial charge is 0.0608 e. The number of aliphatic hydroxyl groups excluding tert-OH is 1. The van der Waals surface area contributed by atoms with Gasteiger partial charge in [-0.3, -0.25) is 0 Å². The minimum atomic E-state index is -0.412. The zero-order valence-corrected chi connectivity index (χ0v) is 11.1. The van der Waals surface area contributed by atoms with Crippen molar-refractivity contribution in [2.75, 3.05) is 19.7 Å². The molecule has 1 fully saturated rings. The Morgan fingerprint density at radius 3 is 2.44 bits per heavy atom. The highest BCUT2D eigenvalue weighted by Gasteiger charge is 2.30. The van der Waals surface area contributed by atoms with Gasteiger partial charge in [-0.25, -0.2) is 0 Å². The average molecular weight is 228 g/mol. The maximum atomic E-state index is 9.14. The van der Waals surface area contributed by atoms with Gasteiger partial charge in [-0.05, 0) is 45.1 Å². The summed E-state index contributed by atoms with van der Waals surface area (Å²) in [6.07, 6.45) is 4.84. The molecule has 3 N–H and O–H groups in total. The number of rotatable bonds is 8. The van der Waals surface area contributed by atoms with Gasteiger partial charge in [0.05, 0.1) is 6.61 Å². The molecule has 0 aliphatic heterocycles. The first kappa shape index (κ1) is 13.9. The highest BCUT2D eigenvalue weighted by atomic mass is 16.3. The van der Waals surface area contributed by atoms with Crippen molar-refractivity contribution in [1.29, 1.82) is 0 Å². The minimum Gasteiger partial charge on any atom is -0.394 e. The fraction of sp³-hybridized carbons (Fsp3) is 1.00. The predicted molar refractivity (Wildman–Crippen MR) is 68.3 cm³/mol. The minimum absolute atomic E-state index is 0.0791. The van der Waals surface area contributed by atoms with Gasteiger partial charge in [0.25, 0.3) is 0 Å². The van der Waals surface area contributed by atoms with Gasteiger partial charge < -0.3 is 15.7 Å². The van der Waals surface area contributed by atoms with E-state index in [1.807, 2.05) is 6.92 Å². The molecular weight excluding hydrogens is 200 g/mol. The van der Waals surface area contributed by atoms with Gasteiger partial charge in [0.1, 0.15) is 0 Å². The summed E-state index contributed by atoms with van der Waals surface area (Å²) in [5.74, 6) is 0.767. The van der Waals surface area contributed by atoms with Crippen LogP contribution in [-0.2, 0) is 0 Å². The molecule has 1 saturated carbocycles. The second-order valence-electron chi connectivity index (χ2n) is 6.01. The van der Waals surface area contributed by atoms with Gasteiger partial charge >= 0.3 is 0 Å². The van der Waals surface area contributed by atoms with Crippen LogP contribution in [-0.4, -0.2) is 41.3 Å². The molecule has 0 aromatic heterocycles. The Morgan fingerprint density at radius 1 is 1.38 bits per heavy atom. The molecule has 1 aliphatic carbocycles. The zero-order chi connectivity index (χ0) is 12.2. The highest BCUT2D eigenvalue weighted by Crippen LogP contribution is 2.28. The predicted octanol–water partition coefficient (Wildman–Crippen LogP) is 1.60. The van der Waals surface area contributed by atoms with Crippen molar-refractivity contribution in [2.45, 2.75) is 58.0 Å². The number of nitrogens with two attached hydrogens (primary N) is 1. The normalized spacial score (nSPS) is 20.4. The number of aliphatic hydroxyl groups is 1. The fourth-order valence-electron chi connectivity index (χ4n) is 1.82. The third kappa shape index (κ3) is 5.28. The van der Waals surface area contributed by atoms with E-state index < -0.39 is 5.54 Å². The first-order chi connectivity index (χ1) is 7.44. The van der Waals surface area contributed by atoms with Crippen molar-refractivity contribution in [3.05, 3.63) is 0 Å². The van der Waals surface area contributed by atoms with Crippen LogP contribution in [0.15, 0.2) is 0 Å². The van der Waals surface area contributed by atoms with Crippen molar-refractivity contribution >= 4 is 0 Å². The first-order valence-corrected chi connectivity index (χ1v) is 6.58. The van der Waals surface area contributed by atoms with Crippen LogP contribution in [0.4, 0.5) is 0 Å². The van der Waals surface area contributed by atoms with Crippen LogP contribution in [0.3, 0.4) is 0 Å². The van der Waals surface area contributed by atoms with Gasteiger partial charge in [-0.15, -0.1) is 0 Å². The SMILES string of the molecule is CC(C)CCN(CCC(C)(N)CO)C1CC1. The summed E-state index contributed by atoms with van der Waals surface area (Å²) >= 11 is 0. The Bertz CT molecular complexity index is 200.